The molecule has 0 saturated heterocycles. The van der Waals surface area contributed by atoms with Crippen LogP contribution in [0.25, 0.3) is 0 Å². The Kier molecular flexibility index (Phi) is 7.36. The van der Waals surface area contributed by atoms with Gasteiger partial charge in [-0.15, -0.1) is 0 Å². The third-order valence-electron chi connectivity index (χ3n) is 3.23. The van der Waals surface area contributed by atoms with Crippen molar-refractivity contribution in [1.82, 2.24) is 5.32 Å². The van der Waals surface area contributed by atoms with Gasteiger partial charge in [0.25, 0.3) is 5.91 Å². The highest BCUT2D eigenvalue weighted by molar-refractivity contribution is 9.10. The lowest BCUT2D eigenvalue weighted by Crippen LogP contribution is -2.34. The molecule has 0 heterocycles. The van der Waals surface area contributed by atoms with E-state index < -0.39 is 0 Å². The minimum absolute atomic E-state index is 0.221. The van der Waals surface area contributed by atoms with Crippen LogP contribution in [-0.2, 0) is 4.74 Å². The maximum absolute atomic E-state index is 12.5. The maximum Gasteiger partial charge on any atom is 0.261 e. The van der Waals surface area contributed by atoms with E-state index >= 15 is 0 Å². The first-order chi connectivity index (χ1) is 12.0. The molecular weight excluding hydrogens is 404 g/mol. The molecule has 2 aromatic carbocycles. The van der Waals surface area contributed by atoms with E-state index in [1.807, 2.05) is 37.3 Å². The van der Waals surface area contributed by atoms with Crippen molar-refractivity contribution in [1.29, 1.82) is 0 Å². The van der Waals surface area contributed by atoms with Crippen LogP contribution >= 0.6 is 28.1 Å². The minimum atomic E-state index is -0.348. The van der Waals surface area contributed by atoms with Gasteiger partial charge in [0, 0.05) is 17.3 Å². The average Bonchev–Trinajstić information content (AvgIpc) is 2.56. The number of anilines is 1. The Bertz CT molecular complexity index is 768. The molecule has 0 aromatic heterocycles. The second-order valence-electron chi connectivity index (χ2n) is 5.26. The van der Waals surface area contributed by atoms with Gasteiger partial charge in [0.15, 0.2) is 5.11 Å². The molecule has 0 spiro atoms. The number of carbonyl (C=O) groups excluding carboxylic acids is 1. The van der Waals surface area contributed by atoms with E-state index in [1.165, 1.54) is 0 Å². The molecule has 0 aliphatic carbocycles. The molecule has 5 nitrogen and oxygen atoms in total. The first-order valence-electron chi connectivity index (χ1n) is 7.60. The summed E-state index contributed by atoms with van der Waals surface area (Å²) in [5, 5.41) is 5.89. The monoisotopic (exact) mass is 422 g/mol. The fourth-order valence-corrected chi connectivity index (χ4v) is 2.67. The van der Waals surface area contributed by atoms with Gasteiger partial charge in [-0.25, -0.2) is 0 Å². The Labute approximate surface area is 160 Å². The van der Waals surface area contributed by atoms with Gasteiger partial charge in [-0.05, 0) is 55.0 Å². The lowest BCUT2D eigenvalue weighted by atomic mass is 10.2. The molecule has 2 aromatic rings. The van der Waals surface area contributed by atoms with E-state index in [1.54, 1.807) is 19.2 Å². The molecule has 2 rings (SSSR count). The van der Waals surface area contributed by atoms with Crippen LogP contribution in [0.5, 0.6) is 5.75 Å². The van der Waals surface area contributed by atoms with Crippen molar-refractivity contribution >= 4 is 44.9 Å². The fraction of sp³-hybridized carbons (Fsp3) is 0.222. The predicted molar refractivity (Wildman–Crippen MR) is 106 cm³/mol. The summed E-state index contributed by atoms with van der Waals surface area (Å²) in [6, 6.07) is 12.9. The molecule has 0 saturated carbocycles. The zero-order valence-corrected chi connectivity index (χ0v) is 16.4. The van der Waals surface area contributed by atoms with Crippen molar-refractivity contribution < 1.29 is 14.3 Å². The number of ether oxygens (including phenoxy) is 2. The molecular formula is C18H19BrN2O3S. The van der Waals surface area contributed by atoms with E-state index in [0.29, 0.717) is 24.5 Å². The maximum atomic E-state index is 12.5. The molecule has 0 unspecified atom stereocenters. The van der Waals surface area contributed by atoms with Crippen molar-refractivity contribution in [3.05, 3.63) is 58.1 Å². The van der Waals surface area contributed by atoms with Crippen LogP contribution in [0, 0.1) is 6.92 Å². The normalized spacial score (nSPS) is 10.2. The Morgan fingerprint density at radius 1 is 1.20 bits per heavy atom. The average molecular weight is 423 g/mol. The van der Waals surface area contributed by atoms with Crippen LogP contribution in [-0.4, -0.2) is 31.3 Å². The largest absolute Gasteiger partial charge is 0.490 e. The van der Waals surface area contributed by atoms with Crippen LogP contribution in [0.2, 0.25) is 0 Å². The highest BCUT2D eigenvalue weighted by Crippen LogP contribution is 2.23. The Morgan fingerprint density at radius 3 is 2.72 bits per heavy atom. The van der Waals surface area contributed by atoms with Gasteiger partial charge in [-0.1, -0.05) is 28.1 Å². The lowest BCUT2D eigenvalue weighted by Gasteiger charge is -2.13. The summed E-state index contributed by atoms with van der Waals surface area (Å²) in [5.74, 6) is 0.120. The molecule has 0 atom stereocenters. The molecule has 0 fully saturated rings. The molecule has 7 heteroatoms. The lowest BCUT2D eigenvalue weighted by molar-refractivity contribution is 0.0969. The SMILES string of the molecule is COCCOc1ccc(Br)cc1C(=O)NC(=S)Nc1cccc(C)c1. The number of carbonyl (C=O) groups is 1. The van der Waals surface area contributed by atoms with Crippen LogP contribution in [0.4, 0.5) is 5.69 Å². The Balaban J connectivity index is 2.06. The second-order valence-corrected chi connectivity index (χ2v) is 6.58. The number of benzene rings is 2. The number of nitrogens with one attached hydrogen (secondary N) is 2. The van der Waals surface area contributed by atoms with Crippen LogP contribution in [0.3, 0.4) is 0 Å². The van der Waals surface area contributed by atoms with Crippen LogP contribution in [0.15, 0.2) is 46.9 Å². The number of hydrogen-bond donors (Lipinski definition) is 2. The standard InChI is InChI=1S/C18H19BrN2O3S/c1-12-4-3-5-14(10-12)20-18(25)21-17(22)15-11-13(19)6-7-16(15)24-9-8-23-2/h3-7,10-11H,8-9H2,1-2H3,(H2,20,21,22,25). The van der Waals surface area contributed by atoms with E-state index in [0.717, 1.165) is 15.7 Å². The third-order valence-corrected chi connectivity index (χ3v) is 3.93. The molecule has 0 radical (unpaired) electrons. The third kappa shape index (κ3) is 6.12. The number of amides is 1. The molecule has 1 amide bonds. The molecule has 0 bridgehead atoms. The van der Waals surface area contributed by atoms with Crippen molar-refractivity contribution in [2.45, 2.75) is 6.92 Å². The number of rotatable bonds is 6. The zero-order chi connectivity index (χ0) is 18.2. The molecule has 0 aliphatic rings. The highest BCUT2D eigenvalue weighted by atomic mass is 79.9. The van der Waals surface area contributed by atoms with Gasteiger partial charge in [0.2, 0.25) is 0 Å². The number of aryl methyl sites for hydroxylation is 1. The first-order valence-corrected chi connectivity index (χ1v) is 8.80. The summed E-state index contributed by atoms with van der Waals surface area (Å²) in [7, 11) is 1.59. The molecule has 0 aliphatic heterocycles. The van der Waals surface area contributed by atoms with Gasteiger partial charge < -0.3 is 14.8 Å². The number of methoxy groups -OCH3 is 1. The first kappa shape index (κ1) is 19.4. The summed E-state index contributed by atoms with van der Waals surface area (Å²) in [4.78, 5) is 12.5. The van der Waals surface area contributed by atoms with Crippen molar-refractivity contribution in [2.75, 3.05) is 25.6 Å². The number of hydrogen-bond acceptors (Lipinski definition) is 4. The molecule has 132 valence electrons. The quantitative estimate of drug-likeness (QED) is 0.545. The summed E-state index contributed by atoms with van der Waals surface area (Å²) < 4.78 is 11.3. The predicted octanol–water partition coefficient (Wildman–Crippen LogP) is 3.91. The fourth-order valence-electron chi connectivity index (χ4n) is 2.10. The van der Waals surface area contributed by atoms with Crippen LogP contribution in [0.1, 0.15) is 15.9 Å². The van der Waals surface area contributed by atoms with Crippen molar-refractivity contribution in [3.8, 4) is 5.75 Å². The number of halogens is 1. The van der Waals surface area contributed by atoms with E-state index in [-0.39, 0.29) is 11.0 Å². The van der Waals surface area contributed by atoms with Gasteiger partial charge in [-0.3, -0.25) is 10.1 Å². The van der Waals surface area contributed by atoms with Gasteiger partial charge in [-0.2, -0.15) is 0 Å². The summed E-state index contributed by atoms with van der Waals surface area (Å²) in [6.45, 7) is 2.77. The summed E-state index contributed by atoms with van der Waals surface area (Å²) >= 11 is 8.59. The van der Waals surface area contributed by atoms with E-state index in [2.05, 4.69) is 26.6 Å². The zero-order valence-electron chi connectivity index (χ0n) is 14.0. The molecule has 2 N–H and O–H groups in total. The van der Waals surface area contributed by atoms with Crippen LogP contribution < -0.4 is 15.4 Å². The van der Waals surface area contributed by atoms with Crippen molar-refractivity contribution in [2.24, 2.45) is 0 Å². The number of thiocarbonyl (C=S) groups is 1. The Morgan fingerprint density at radius 2 is 2.00 bits per heavy atom. The van der Waals surface area contributed by atoms with Crippen molar-refractivity contribution in [3.63, 3.8) is 0 Å². The van der Waals surface area contributed by atoms with Gasteiger partial charge in [0.05, 0.1) is 12.2 Å². The topological polar surface area (TPSA) is 59.6 Å². The second kappa shape index (κ2) is 9.50. The Hall–Kier alpha value is -1.96. The summed E-state index contributed by atoms with van der Waals surface area (Å²) in [6.07, 6.45) is 0. The van der Waals surface area contributed by atoms with E-state index in [4.69, 9.17) is 21.7 Å². The van der Waals surface area contributed by atoms with Gasteiger partial charge >= 0.3 is 0 Å². The summed E-state index contributed by atoms with van der Waals surface area (Å²) in [5.41, 5.74) is 2.30. The smallest absolute Gasteiger partial charge is 0.261 e. The molecule has 25 heavy (non-hydrogen) atoms. The highest BCUT2D eigenvalue weighted by Gasteiger charge is 2.15. The minimum Gasteiger partial charge on any atom is -0.490 e. The van der Waals surface area contributed by atoms with Gasteiger partial charge in [0.1, 0.15) is 12.4 Å². The van der Waals surface area contributed by atoms with E-state index in [9.17, 15) is 4.79 Å².